The van der Waals surface area contributed by atoms with Crippen LogP contribution in [0.2, 0.25) is 0 Å². The van der Waals surface area contributed by atoms with Crippen molar-refractivity contribution in [3.63, 3.8) is 0 Å². The summed E-state index contributed by atoms with van der Waals surface area (Å²) < 4.78 is 5.08. The summed E-state index contributed by atoms with van der Waals surface area (Å²) >= 11 is 0. The van der Waals surface area contributed by atoms with E-state index in [-0.39, 0.29) is 6.10 Å². The first kappa shape index (κ1) is 12.1. The number of rotatable bonds is 5. The van der Waals surface area contributed by atoms with E-state index in [2.05, 4.69) is 0 Å². The van der Waals surface area contributed by atoms with Crippen molar-refractivity contribution in [3.05, 3.63) is 29.8 Å². The van der Waals surface area contributed by atoms with Gasteiger partial charge in [0.05, 0.1) is 13.2 Å². The fourth-order valence-electron chi connectivity index (χ4n) is 1.44. The molecule has 84 valence electrons. The van der Waals surface area contributed by atoms with E-state index >= 15 is 0 Å². The topological polar surface area (TPSA) is 29.5 Å². The third-order valence-electron chi connectivity index (χ3n) is 2.66. The summed E-state index contributed by atoms with van der Waals surface area (Å²) in [6.45, 7) is 4.08. The van der Waals surface area contributed by atoms with Gasteiger partial charge in [-0.25, -0.2) is 0 Å². The van der Waals surface area contributed by atoms with E-state index in [0.717, 1.165) is 18.6 Å². The van der Waals surface area contributed by atoms with Crippen molar-refractivity contribution in [3.8, 4) is 5.75 Å². The summed E-state index contributed by atoms with van der Waals surface area (Å²) in [5.74, 6) is 1.21. The number of aliphatic hydroxyl groups excluding tert-OH is 1. The Morgan fingerprint density at radius 1 is 1.20 bits per heavy atom. The minimum Gasteiger partial charge on any atom is -0.497 e. The van der Waals surface area contributed by atoms with E-state index in [1.165, 1.54) is 5.56 Å². The fourth-order valence-corrected chi connectivity index (χ4v) is 1.44. The van der Waals surface area contributed by atoms with Gasteiger partial charge in [-0.15, -0.1) is 0 Å². The van der Waals surface area contributed by atoms with Gasteiger partial charge in [-0.05, 0) is 36.5 Å². The Morgan fingerprint density at radius 2 is 1.80 bits per heavy atom. The van der Waals surface area contributed by atoms with E-state index in [4.69, 9.17) is 4.74 Å². The van der Waals surface area contributed by atoms with Crippen molar-refractivity contribution >= 4 is 0 Å². The van der Waals surface area contributed by atoms with Crippen LogP contribution in [-0.2, 0) is 6.42 Å². The molecular formula is C13H20O2. The molecule has 2 nitrogen and oxygen atoms in total. The second kappa shape index (κ2) is 5.76. The van der Waals surface area contributed by atoms with Crippen molar-refractivity contribution in [2.45, 2.75) is 32.8 Å². The van der Waals surface area contributed by atoms with Crippen molar-refractivity contribution in [1.82, 2.24) is 0 Å². The molecule has 1 aromatic carbocycles. The van der Waals surface area contributed by atoms with Crippen molar-refractivity contribution < 1.29 is 9.84 Å². The second-order valence-electron chi connectivity index (χ2n) is 4.20. The zero-order chi connectivity index (χ0) is 11.3. The Morgan fingerprint density at radius 3 is 2.27 bits per heavy atom. The van der Waals surface area contributed by atoms with Crippen LogP contribution in [0.3, 0.4) is 0 Å². The number of hydrogen-bond acceptors (Lipinski definition) is 2. The van der Waals surface area contributed by atoms with Gasteiger partial charge in [0, 0.05) is 0 Å². The molecule has 0 aliphatic rings. The second-order valence-corrected chi connectivity index (χ2v) is 4.20. The highest BCUT2D eigenvalue weighted by atomic mass is 16.5. The van der Waals surface area contributed by atoms with Crippen molar-refractivity contribution in [2.75, 3.05) is 7.11 Å². The third-order valence-corrected chi connectivity index (χ3v) is 2.66. The molecule has 0 radical (unpaired) electrons. The molecule has 0 saturated heterocycles. The molecule has 1 atom stereocenters. The first-order valence-electron chi connectivity index (χ1n) is 5.44. The van der Waals surface area contributed by atoms with Gasteiger partial charge in [0.1, 0.15) is 5.75 Å². The normalized spacial score (nSPS) is 12.9. The maximum Gasteiger partial charge on any atom is 0.118 e. The fraction of sp³-hybridized carbons (Fsp3) is 0.538. The smallest absolute Gasteiger partial charge is 0.118 e. The molecule has 2 heteroatoms. The minimum atomic E-state index is -0.202. The number of aryl methyl sites for hydroxylation is 1. The lowest BCUT2D eigenvalue weighted by Gasteiger charge is -2.13. The molecule has 15 heavy (non-hydrogen) atoms. The maximum atomic E-state index is 9.66. The van der Waals surface area contributed by atoms with Crippen molar-refractivity contribution in [1.29, 1.82) is 0 Å². The summed E-state index contributed by atoms with van der Waals surface area (Å²) in [5, 5.41) is 9.66. The predicted molar refractivity (Wildman–Crippen MR) is 62.2 cm³/mol. The van der Waals surface area contributed by atoms with Gasteiger partial charge in [0.25, 0.3) is 0 Å². The SMILES string of the molecule is COc1ccc(CCC(O)C(C)C)cc1. The molecule has 0 aliphatic carbocycles. The standard InChI is InChI=1S/C13H20O2/c1-10(2)13(14)9-6-11-4-7-12(15-3)8-5-11/h4-5,7-8,10,13-14H,6,9H2,1-3H3. The predicted octanol–water partition coefficient (Wildman–Crippen LogP) is 2.64. The summed E-state index contributed by atoms with van der Waals surface area (Å²) in [7, 11) is 1.66. The summed E-state index contributed by atoms with van der Waals surface area (Å²) in [6, 6.07) is 8.01. The highest BCUT2D eigenvalue weighted by Crippen LogP contribution is 2.15. The van der Waals surface area contributed by atoms with Crippen LogP contribution in [0.4, 0.5) is 0 Å². The van der Waals surface area contributed by atoms with E-state index in [0.29, 0.717) is 5.92 Å². The quantitative estimate of drug-likeness (QED) is 0.806. The van der Waals surface area contributed by atoms with E-state index < -0.39 is 0 Å². The average Bonchev–Trinajstić information content (AvgIpc) is 2.26. The minimum absolute atomic E-state index is 0.202. The van der Waals surface area contributed by atoms with Gasteiger partial charge in [0.2, 0.25) is 0 Å². The first-order chi connectivity index (χ1) is 7.13. The summed E-state index contributed by atoms with van der Waals surface area (Å²) in [5.41, 5.74) is 1.25. The van der Waals surface area contributed by atoms with Gasteiger partial charge in [-0.3, -0.25) is 0 Å². The van der Waals surface area contributed by atoms with Gasteiger partial charge >= 0.3 is 0 Å². The lowest BCUT2D eigenvalue weighted by molar-refractivity contribution is 0.116. The van der Waals surface area contributed by atoms with Crippen LogP contribution in [0.1, 0.15) is 25.8 Å². The van der Waals surface area contributed by atoms with Gasteiger partial charge in [0.15, 0.2) is 0 Å². The monoisotopic (exact) mass is 208 g/mol. The molecule has 0 aliphatic heterocycles. The Balaban J connectivity index is 2.44. The van der Waals surface area contributed by atoms with Crippen LogP contribution in [0.15, 0.2) is 24.3 Å². The maximum absolute atomic E-state index is 9.66. The third kappa shape index (κ3) is 3.92. The zero-order valence-electron chi connectivity index (χ0n) is 9.73. The van der Waals surface area contributed by atoms with Gasteiger partial charge < -0.3 is 9.84 Å². The molecule has 0 heterocycles. The zero-order valence-corrected chi connectivity index (χ0v) is 9.73. The highest BCUT2D eigenvalue weighted by Gasteiger charge is 2.08. The molecule has 1 aromatic rings. The molecule has 0 fully saturated rings. The van der Waals surface area contributed by atoms with Crippen LogP contribution in [-0.4, -0.2) is 18.3 Å². The van der Waals surface area contributed by atoms with Crippen LogP contribution in [0.25, 0.3) is 0 Å². The number of benzene rings is 1. The average molecular weight is 208 g/mol. The number of hydrogen-bond donors (Lipinski definition) is 1. The van der Waals surface area contributed by atoms with Crippen LogP contribution in [0, 0.1) is 5.92 Å². The number of ether oxygens (including phenoxy) is 1. The molecule has 1 N–H and O–H groups in total. The molecule has 0 amide bonds. The molecule has 1 rings (SSSR count). The molecule has 0 saturated carbocycles. The molecule has 0 spiro atoms. The Kier molecular flexibility index (Phi) is 4.63. The van der Waals surface area contributed by atoms with Gasteiger partial charge in [-0.2, -0.15) is 0 Å². The van der Waals surface area contributed by atoms with E-state index in [9.17, 15) is 5.11 Å². The van der Waals surface area contributed by atoms with Crippen molar-refractivity contribution in [2.24, 2.45) is 5.92 Å². The Hall–Kier alpha value is -1.02. The molecule has 0 bridgehead atoms. The van der Waals surface area contributed by atoms with E-state index in [1.807, 2.05) is 38.1 Å². The molecule has 0 aromatic heterocycles. The summed E-state index contributed by atoms with van der Waals surface area (Å²) in [6.07, 6.45) is 1.54. The largest absolute Gasteiger partial charge is 0.497 e. The van der Waals surface area contributed by atoms with Crippen LogP contribution < -0.4 is 4.74 Å². The number of methoxy groups -OCH3 is 1. The highest BCUT2D eigenvalue weighted by molar-refractivity contribution is 5.27. The molecular weight excluding hydrogens is 188 g/mol. The summed E-state index contributed by atoms with van der Waals surface area (Å²) in [4.78, 5) is 0. The Bertz CT molecular complexity index is 277. The van der Waals surface area contributed by atoms with Crippen LogP contribution in [0.5, 0.6) is 5.75 Å². The number of aliphatic hydroxyl groups is 1. The Labute approximate surface area is 91.9 Å². The van der Waals surface area contributed by atoms with Gasteiger partial charge in [-0.1, -0.05) is 26.0 Å². The van der Waals surface area contributed by atoms with Crippen LogP contribution >= 0.6 is 0 Å². The van der Waals surface area contributed by atoms with E-state index in [1.54, 1.807) is 7.11 Å². The lowest BCUT2D eigenvalue weighted by Crippen LogP contribution is -2.15. The lowest BCUT2D eigenvalue weighted by atomic mass is 9.99. The first-order valence-corrected chi connectivity index (χ1v) is 5.44. The molecule has 1 unspecified atom stereocenters.